The Morgan fingerprint density at radius 2 is 2.24 bits per heavy atom. The SMILES string of the molecule is CN1CCCN(c2nc(N)ncc2Cl)CC1=O. The van der Waals surface area contributed by atoms with Gasteiger partial charge in [0.1, 0.15) is 5.02 Å². The number of likely N-dealkylation sites (N-methyl/N-ethyl adjacent to an activating group) is 1. The number of hydrogen-bond donors (Lipinski definition) is 1. The van der Waals surface area contributed by atoms with Crippen molar-refractivity contribution < 1.29 is 4.79 Å². The molecule has 7 heteroatoms. The van der Waals surface area contributed by atoms with E-state index in [1.54, 1.807) is 11.9 Å². The maximum atomic E-state index is 11.8. The van der Waals surface area contributed by atoms with Crippen LogP contribution in [-0.4, -0.2) is 47.5 Å². The monoisotopic (exact) mass is 255 g/mol. The largest absolute Gasteiger partial charge is 0.368 e. The molecule has 6 nitrogen and oxygen atoms in total. The molecule has 0 spiro atoms. The average Bonchev–Trinajstić information content (AvgIpc) is 2.45. The zero-order chi connectivity index (χ0) is 12.4. The summed E-state index contributed by atoms with van der Waals surface area (Å²) in [5.41, 5.74) is 5.53. The highest BCUT2D eigenvalue weighted by atomic mass is 35.5. The fourth-order valence-electron chi connectivity index (χ4n) is 1.76. The minimum Gasteiger partial charge on any atom is -0.368 e. The molecule has 0 atom stereocenters. The highest BCUT2D eigenvalue weighted by Crippen LogP contribution is 2.24. The summed E-state index contributed by atoms with van der Waals surface area (Å²) in [5.74, 6) is 0.744. The number of nitrogen functional groups attached to an aromatic ring is 1. The van der Waals surface area contributed by atoms with Crippen LogP contribution in [0.15, 0.2) is 6.20 Å². The highest BCUT2D eigenvalue weighted by Gasteiger charge is 2.21. The van der Waals surface area contributed by atoms with Crippen molar-refractivity contribution in [1.29, 1.82) is 0 Å². The fraction of sp³-hybridized carbons (Fsp3) is 0.500. The predicted molar refractivity (Wildman–Crippen MR) is 65.9 cm³/mol. The Morgan fingerprint density at radius 3 is 3.00 bits per heavy atom. The molecule has 1 saturated heterocycles. The van der Waals surface area contributed by atoms with Gasteiger partial charge in [0, 0.05) is 20.1 Å². The lowest BCUT2D eigenvalue weighted by Crippen LogP contribution is -2.35. The van der Waals surface area contributed by atoms with Gasteiger partial charge >= 0.3 is 0 Å². The van der Waals surface area contributed by atoms with Gasteiger partial charge in [0.2, 0.25) is 11.9 Å². The first-order valence-corrected chi connectivity index (χ1v) is 5.72. The summed E-state index contributed by atoms with van der Waals surface area (Å²) in [6, 6.07) is 0. The van der Waals surface area contributed by atoms with Gasteiger partial charge in [0.05, 0.1) is 12.7 Å². The summed E-state index contributed by atoms with van der Waals surface area (Å²) >= 11 is 6.02. The number of rotatable bonds is 1. The number of amides is 1. The number of hydrogen-bond acceptors (Lipinski definition) is 5. The van der Waals surface area contributed by atoms with Gasteiger partial charge in [-0.25, -0.2) is 4.98 Å². The molecule has 0 saturated carbocycles. The maximum Gasteiger partial charge on any atom is 0.241 e. The maximum absolute atomic E-state index is 11.8. The van der Waals surface area contributed by atoms with Gasteiger partial charge in [0.15, 0.2) is 5.82 Å². The molecule has 0 unspecified atom stereocenters. The van der Waals surface area contributed by atoms with E-state index in [1.165, 1.54) is 6.20 Å². The number of nitrogens with zero attached hydrogens (tertiary/aromatic N) is 4. The van der Waals surface area contributed by atoms with E-state index >= 15 is 0 Å². The first kappa shape index (κ1) is 11.9. The molecule has 1 aliphatic rings. The van der Waals surface area contributed by atoms with Crippen LogP contribution in [0.25, 0.3) is 0 Å². The number of anilines is 2. The molecular formula is C10H14ClN5O. The van der Waals surface area contributed by atoms with E-state index < -0.39 is 0 Å². The van der Waals surface area contributed by atoms with Crippen LogP contribution in [0.2, 0.25) is 5.02 Å². The van der Waals surface area contributed by atoms with Crippen LogP contribution in [0.1, 0.15) is 6.42 Å². The van der Waals surface area contributed by atoms with Crippen molar-refractivity contribution in [3.8, 4) is 0 Å². The number of nitrogens with two attached hydrogens (primary N) is 1. The quantitative estimate of drug-likeness (QED) is 0.785. The third-order valence-corrected chi connectivity index (χ3v) is 2.98. The summed E-state index contributed by atoms with van der Waals surface area (Å²) in [7, 11) is 1.79. The standard InChI is InChI=1S/C10H14ClN5O/c1-15-3-2-4-16(6-8(15)17)9-7(11)5-13-10(12)14-9/h5H,2-4,6H2,1H3,(H2,12,13,14). The van der Waals surface area contributed by atoms with Crippen LogP contribution in [-0.2, 0) is 4.79 Å². The van der Waals surface area contributed by atoms with E-state index in [9.17, 15) is 4.79 Å². The van der Waals surface area contributed by atoms with E-state index in [-0.39, 0.29) is 18.4 Å². The minimum atomic E-state index is 0.0516. The Kier molecular flexibility index (Phi) is 3.33. The van der Waals surface area contributed by atoms with Gasteiger partial charge < -0.3 is 15.5 Å². The summed E-state index contributed by atoms with van der Waals surface area (Å²) in [6.45, 7) is 1.74. The Bertz CT molecular complexity index is 439. The van der Waals surface area contributed by atoms with Crippen LogP contribution in [0.5, 0.6) is 0 Å². The van der Waals surface area contributed by atoms with Gasteiger partial charge in [-0.2, -0.15) is 4.98 Å². The van der Waals surface area contributed by atoms with Crippen LogP contribution in [0.3, 0.4) is 0 Å². The Balaban J connectivity index is 2.26. The first-order valence-electron chi connectivity index (χ1n) is 5.35. The van der Waals surface area contributed by atoms with E-state index in [0.717, 1.165) is 19.5 Å². The van der Waals surface area contributed by atoms with Crippen LogP contribution >= 0.6 is 11.6 Å². The summed E-state index contributed by atoms with van der Waals surface area (Å²) in [6.07, 6.45) is 2.33. The predicted octanol–water partition coefficient (Wildman–Crippen LogP) is 0.381. The lowest BCUT2D eigenvalue weighted by Gasteiger charge is -2.21. The molecule has 17 heavy (non-hydrogen) atoms. The van der Waals surface area contributed by atoms with Crippen LogP contribution in [0.4, 0.5) is 11.8 Å². The molecule has 0 bridgehead atoms. The van der Waals surface area contributed by atoms with E-state index in [4.69, 9.17) is 17.3 Å². The summed E-state index contributed by atoms with van der Waals surface area (Å²) in [4.78, 5) is 23.2. The number of carbonyl (C=O) groups is 1. The molecule has 2 heterocycles. The fourth-order valence-corrected chi connectivity index (χ4v) is 1.97. The molecule has 0 radical (unpaired) electrons. The zero-order valence-corrected chi connectivity index (χ0v) is 10.3. The summed E-state index contributed by atoms with van der Waals surface area (Å²) < 4.78 is 0. The number of halogens is 1. The third-order valence-electron chi connectivity index (χ3n) is 2.72. The Labute approximate surface area is 104 Å². The summed E-state index contributed by atoms with van der Waals surface area (Å²) in [5, 5.41) is 0.413. The van der Waals surface area contributed by atoms with Crippen molar-refractivity contribution in [2.75, 3.05) is 37.3 Å². The van der Waals surface area contributed by atoms with Crippen LogP contribution < -0.4 is 10.6 Å². The normalized spacial score (nSPS) is 17.2. The van der Waals surface area contributed by atoms with Crippen LogP contribution in [0, 0.1) is 0 Å². The second-order valence-electron chi connectivity index (χ2n) is 3.99. The van der Waals surface area contributed by atoms with Crippen molar-refractivity contribution in [3.05, 3.63) is 11.2 Å². The zero-order valence-electron chi connectivity index (χ0n) is 9.56. The van der Waals surface area contributed by atoms with Crippen molar-refractivity contribution >= 4 is 29.3 Å². The number of aromatic nitrogens is 2. The molecule has 2 rings (SSSR count). The van der Waals surface area contributed by atoms with Gasteiger partial charge in [-0.05, 0) is 6.42 Å². The average molecular weight is 256 g/mol. The Morgan fingerprint density at radius 1 is 1.47 bits per heavy atom. The molecule has 1 amide bonds. The van der Waals surface area contributed by atoms with Crippen molar-refractivity contribution in [2.24, 2.45) is 0 Å². The smallest absolute Gasteiger partial charge is 0.241 e. The van der Waals surface area contributed by atoms with Gasteiger partial charge in [0.25, 0.3) is 0 Å². The molecule has 0 aromatic carbocycles. The molecule has 1 aromatic heterocycles. The molecule has 92 valence electrons. The topological polar surface area (TPSA) is 75.3 Å². The Hall–Kier alpha value is -1.56. The van der Waals surface area contributed by atoms with Crippen molar-refractivity contribution in [3.63, 3.8) is 0 Å². The minimum absolute atomic E-state index is 0.0516. The molecule has 2 N–H and O–H groups in total. The van der Waals surface area contributed by atoms with E-state index in [0.29, 0.717) is 10.8 Å². The second kappa shape index (κ2) is 4.75. The molecule has 1 aliphatic heterocycles. The number of carbonyl (C=O) groups excluding carboxylic acids is 1. The second-order valence-corrected chi connectivity index (χ2v) is 4.40. The van der Waals surface area contributed by atoms with Gasteiger partial charge in [-0.3, -0.25) is 4.79 Å². The lowest BCUT2D eigenvalue weighted by atomic mass is 10.4. The molecular weight excluding hydrogens is 242 g/mol. The third kappa shape index (κ3) is 2.58. The highest BCUT2D eigenvalue weighted by molar-refractivity contribution is 6.32. The molecule has 1 fully saturated rings. The first-order chi connectivity index (χ1) is 8.08. The van der Waals surface area contributed by atoms with Gasteiger partial charge in [-0.1, -0.05) is 11.6 Å². The van der Waals surface area contributed by atoms with Crippen molar-refractivity contribution in [2.45, 2.75) is 6.42 Å². The molecule has 0 aliphatic carbocycles. The van der Waals surface area contributed by atoms with Gasteiger partial charge in [-0.15, -0.1) is 0 Å². The molecule has 1 aromatic rings. The van der Waals surface area contributed by atoms with E-state index in [1.807, 2.05) is 4.90 Å². The lowest BCUT2D eigenvalue weighted by molar-refractivity contribution is -0.127. The van der Waals surface area contributed by atoms with Crippen molar-refractivity contribution in [1.82, 2.24) is 14.9 Å². The van der Waals surface area contributed by atoms with E-state index in [2.05, 4.69) is 9.97 Å².